The Balaban J connectivity index is 1.58. The smallest absolute Gasteiger partial charge is 0.343 e. The van der Waals surface area contributed by atoms with Gasteiger partial charge in [-0.05, 0) is 52.6 Å². The highest BCUT2D eigenvalue weighted by molar-refractivity contribution is 5.94. The van der Waals surface area contributed by atoms with Gasteiger partial charge in [0.05, 0.1) is 12.7 Å². The maximum absolute atomic E-state index is 12.5. The largest absolute Gasteiger partial charge is 0.493 e. The molecule has 30 heavy (non-hydrogen) atoms. The van der Waals surface area contributed by atoms with E-state index in [4.69, 9.17) is 9.47 Å². The number of ether oxygens (including phenoxy) is 2. The number of hydrogen-bond donors (Lipinski definition) is 0. The summed E-state index contributed by atoms with van der Waals surface area (Å²) in [5.41, 5.74) is 3.51. The predicted octanol–water partition coefficient (Wildman–Crippen LogP) is 6.55. The lowest BCUT2D eigenvalue weighted by Crippen LogP contribution is -2.10. The summed E-state index contributed by atoms with van der Waals surface area (Å²) in [5.74, 6) is 0.510. The van der Waals surface area contributed by atoms with Crippen molar-refractivity contribution in [3.63, 3.8) is 0 Å². The molecule has 0 unspecified atom stereocenters. The van der Waals surface area contributed by atoms with Crippen LogP contribution in [0.3, 0.4) is 0 Å². The molecule has 0 N–H and O–H groups in total. The molecule has 148 valence electrons. The van der Waals surface area contributed by atoms with Crippen LogP contribution in [0.2, 0.25) is 0 Å². The molecule has 0 spiro atoms. The molecule has 3 nitrogen and oxygen atoms in total. The molecule has 0 aliphatic carbocycles. The van der Waals surface area contributed by atoms with E-state index < -0.39 is 5.97 Å². The van der Waals surface area contributed by atoms with E-state index in [-0.39, 0.29) is 0 Å². The summed E-state index contributed by atoms with van der Waals surface area (Å²) in [4.78, 5) is 12.5. The van der Waals surface area contributed by atoms with Gasteiger partial charge >= 0.3 is 5.97 Å². The molecule has 0 radical (unpaired) electrons. The van der Waals surface area contributed by atoms with Crippen LogP contribution in [0.25, 0.3) is 22.9 Å². The van der Waals surface area contributed by atoms with Crippen LogP contribution in [0.1, 0.15) is 27.0 Å². The van der Waals surface area contributed by atoms with Crippen LogP contribution < -0.4 is 9.47 Å². The van der Waals surface area contributed by atoms with E-state index in [1.54, 1.807) is 19.2 Å². The average Bonchev–Trinajstić information content (AvgIpc) is 2.78. The molecule has 0 heterocycles. The van der Waals surface area contributed by atoms with Crippen molar-refractivity contribution in [1.82, 2.24) is 0 Å². The molecule has 4 aromatic carbocycles. The fraction of sp³-hybridized carbons (Fsp3) is 0.0741. The molecule has 0 aliphatic heterocycles. The van der Waals surface area contributed by atoms with Crippen LogP contribution in [-0.2, 0) is 0 Å². The molecular weight excluding hydrogens is 372 g/mol. The highest BCUT2D eigenvalue weighted by Crippen LogP contribution is 2.30. The Morgan fingerprint density at radius 2 is 1.57 bits per heavy atom. The van der Waals surface area contributed by atoms with Crippen LogP contribution in [0, 0.1) is 6.92 Å². The van der Waals surface area contributed by atoms with Crippen LogP contribution in [0.5, 0.6) is 11.5 Å². The normalized spacial score (nSPS) is 11.0. The quantitative estimate of drug-likeness (QED) is 0.219. The zero-order valence-electron chi connectivity index (χ0n) is 17.0. The van der Waals surface area contributed by atoms with Gasteiger partial charge in [0.2, 0.25) is 0 Å². The third-order valence-electron chi connectivity index (χ3n) is 5.03. The first-order valence-electron chi connectivity index (χ1n) is 9.77. The molecule has 0 saturated carbocycles. The molecule has 0 atom stereocenters. The van der Waals surface area contributed by atoms with Crippen LogP contribution in [0.4, 0.5) is 0 Å². The van der Waals surface area contributed by atoms with Gasteiger partial charge in [-0.1, -0.05) is 78.9 Å². The first-order chi connectivity index (χ1) is 14.7. The third-order valence-corrected chi connectivity index (χ3v) is 5.03. The van der Waals surface area contributed by atoms with Crippen molar-refractivity contribution in [2.75, 3.05) is 7.11 Å². The summed E-state index contributed by atoms with van der Waals surface area (Å²) in [5, 5.41) is 2.41. The SMILES string of the molecule is COc1cc(/C=C/c2cccc3ccccc23)ccc1OC(=O)c1ccccc1C. The van der Waals surface area contributed by atoms with Gasteiger partial charge in [0.1, 0.15) is 0 Å². The highest BCUT2D eigenvalue weighted by Gasteiger charge is 2.14. The summed E-state index contributed by atoms with van der Waals surface area (Å²) >= 11 is 0. The summed E-state index contributed by atoms with van der Waals surface area (Å²) in [6, 6.07) is 27.4. The Labute approximate surface area is 176 Å². The Hall–Kier alpha value is -3.85. The molecule has 3 heteroatoms. The summed E-state index contributed by atoms with van der Waals surface area (Å²) in [7, 11) is 1.57. The zero-order chi connectivity index (χ0) is 20.9. The number of carbonyl (C=O) groups is 1. The second kappa shape index (κ2) is 8.66. The van der Waals surface area contributed by atoms with Crippen LogP contribution in [-0.4, -0.2) is 13.1 Å². The van der Waals surface area contributed by atoms with E-state index in [1.165, 1.54) is 10.8 Å². The first-order valence-corrected chi connectivity index (χ1v) is 9.77. The second-order valence-corrected chi connectivity index (χ2v) is 7.02. The molecular formula is C27H22O3. The van der Waals surface area contributed by atoms with Gasteiger partial charge in [0, 0.05) is 0 Å². The molecule has 0 bridgehead atoms. The van der Waals surface area contributed by atoms with Crippen molar-refractivity contribution in [1.29, 1.82) is 0 Å². The van der Waals surface area contributed by atoms with Gasteiger partial charge in [-0.25, -0.2) is 4.79 Å². The molecule has 0 aliphatic rings. The fourth-order valence-corrected chi connectivity index (χ4v) is 3.41. The fourth-order valence-electron chi connectivity index (χ4n) is 3.41. The minimum atomic E-state index is -0.398. The minimum Gasteiger partial charge on any atom is -0.493 e. The summed E-state index contributed by atoms with van der Waals surface area (Å²) < 4.78 is 11.1. The first kappa shape index (κ1) is 19.5. The summed E-state index contributed by atoms with van der Waals surface area (Å²) in [6.45, 7) is 1.88. The lowest BCUT2D eigenvalue weighted by molar-refractivity contribution is 0.0729. The monoisotopic (exact) mass is 394 g/mol. The number of rotatable bonds is 5. The van der Waals surface area contributed by atoms with Crippen molar-refractivity contribution in [2.24, 2.45) is 0 Å². The Kier molecular flexibility index (Phi) is 5.62. The van der Waals surface area contributed by atoms with Crippen LogP contribution >= 0.6 is 0 Å². The number of fused-ring (bicyclic) bond motifs is 1. The van der Waals surface area contributed by atoms with Gasteiger partial charge in [-0.15, -0.1) is 0 Å². The Morgan fingerprint density at radius 3 is 2.40 bits per heavy atom. The third kappa shape index (κ3) is 4.11. The zero-order valence-corrected chi connectivity index (χ0v) is 17.0. The number of hydrogen-bond acceptors (Lipinski definition) is 3. The van der Waals surface area contributed by atoms with Crippen molar-refractivity contribution in [3.05, 3.63) is 107 Å². The number of aryl methyl sites for hydroxylation is 1. The predicted molar refractivity (Wildman–Crippen MR) is 122 cm³/mol. The lowest BCUT2D eigenvalue weighted by atomic mass is 10.0. The summed E-state index contributed by atoms with van der Waals surface area (Å²) in [6.07, 6.45) is 4.10. The Morgan fingerprint density at radius 1 is 0.800 bits per heavy atom. The van der Waals surface area contributed by atoms with E-state index in [0.717, 1.165) is 16.7 Å². The van der Waals surface area contributed by atoms with Crippen molar-refractivity contribution >= 4 is 28.9 Å². The van der Waals surface area contributed by atoms with Gasteiger partial charge in [-0.3, -0.25) is 0 Å². The van der Waals surface area contributed by atoms with Gasteiger partial charge in [-0.2, -0.15) is 0 Å². The van der Waals surface area contributed by atoms with Crippen LogP contribution in [0.15, 0.2) is 84.9 Å². The number of benzene rings is 4. The van der Waals surface area contributed by atoms with Crippen molar-refractivity contribution in [3.8, 4) is 11.5 Å². The molecule has 4 rings (SSSR count). The maximum Gasteiger partial charge on any atom is 0.343 e. The van der Waals surface area contributed by atoms with Gasteiger partial charge < -0.3 is 9.47 Å². The minimum absolute atomic E-state index is 0.396. The number of carbonyl (C=O) groups excluding carboxylic acids is 1. The van der Waals surface area contributed by atoms with Gasteiger partial charge in [0.15, 0.2) is 11.5 Å². The molecule has 0 fully saturated rings. The number of esters is 1. The molecule has 0 amide bonds. The van der Waals surface area contributed by atoms with E-state index in [2.05, 4.69) is 36.4 Å². The maximum atomic E-state index is 12.5. The average molecular weight is 394 g/mol. The highest BCUT2D eigenvalue weighted by atomic mass is 16.6. The van der Waals surface area contributed by atoms with Gasteiger partial charge in [0.25, 0.3) is 0 Å². The molecule has 0 aromatic heterocycles. The van der Waals surface area contributed by atoms with E-state index >= 15 is 0 Å². The van der Waals surface area contributed by atoms with Crippen molar-refractivity contribution in [2.45, 2.75) is 6.92 Å². The second-order valence-electron chi connectivity index (χ2n) is 7.02. The Bertz CT molecular complexity index is 1230. The van der Waals surface area contributed by atoms with E-state index in [0.29, 0.717) is 17.1 Å². The number of methoxy groups -OCH3 is 1. The van der Waals surface area contributed by atoms with Crippen molar-refractivity contribution < 1.29 is 14.3 Å². The lowest BCUT2D eigenvalue weighted by Gasteiger charge is -2.11. The molecule has 0 saturated heterocycles. The topological polar surface area (TPSA) is 35.5 Å². The van der Waals surface area contributed by atoms with E-state index in [1.807, 2.05) is 55.5 Å². The van der Waals surface area contributed by atoms with E-state index in [9.17, 15) is 4.79 Å². The molecule has 4 aromatic rings. The standard InChI is InChI=1S/C27H22O3/c1-19-8-3-5-12-23(19)27(28)30-25-17-15-20(18-26(25)29-2)14-16-22-11-7-10-21-9-4-6-13-24(21)22/h3-18H,1-2H3/b16-14+.